The van der Waals surface area contributed by atoms with Crippen LogP contribution in [0.5, 0.6) is 0 Å². The SMILES string of the molecule is CC(Nc1ccc(C=O)cc1[N+](=O)[O-])c1nncn1C. The topological polar surface area (TPSA) is 103 Å². The van der Waals surface area contributed by atoms with Crippen LogP contribution in [0, 0.1) is 10.1 Å². The number of nitrogens with zero attached hydrogens (tertiary/aromatic N) is 4. The summed E-state index contributed by atoms with van der Waals surface area (Å²) < 4.78 is 1.73. The molecule has 1 atom stereocenters. The van der Waals surface area contributed by atoms with E-state index in [1.807, 2.05) is 6.92 Å². The Balaban J connectivity index is 2.31. The molecule has 8 heteroatoms. The van der Waals surface area contributed by atoms with Crippen molar-refractivity contribution in [2.24, 2.45) is 7.05 Å². The summed E-state index contributed by atoms with van der Waals surface area (Å²) in [5.41, 5.74) is 0.438. The fourth-order valence-electron chi connectivity index (χ4n) is 1.88. The molecule has 0 aliphatic rings. The van der Waals surface area contributed by atoms with E-state index in [0.717, 1.165) is 0 Å². The second-order valence-electron chi connectivity index (χ2n) is 4.32. The third kappa shape index (κ3) is 2.63. The maximum atomic E-state index is 11.0. The van der Waals surface area contributed by atoms with Gasteiger partial charge in [0.25, 0.3) is 5.69 Å². The first-order valence-electron chi connectivity index (χ1n) is 5.87. The van der Waals surface area contributed by atoms with Crippen LogP contribution in [-0.2, 0) is 7.05 Å². The number of hydrogen-bond acceptors (Lipinski definition) is 6. The maximum absolute atomic E-state index is 11.0. The van der Waals surface area contributed by atoms with Gasteiger partial charge in [0.2, 0.25) is 0 Å². The average molecular weight is 275 g/mol. The Kier molecular flexibility index (Phi) is 3.74. The monoisotopic (exact) mass is 275 g/mol. The number of carbonyl (C=O) groups excluding carboxylic acids is 1. The Labute approximate surface area is 114 Å². The number of nitro benzene ring substituents is 1. The minimum atomic E-state index is -0.529. The molecule has 0 saturated heterocycles. The zero-order chi connectivity index (χ0) is 14.7. The molecule has 1 N–H and O–H groups in total. The van der Waals surface area contributed by atoms with Crippen molar-refractivity contribution >= 4 is 17.7 Å². The number of aryl methyl sites for hydroxylation is 1. The Bertz CT molecular complexity index is 652. The zero-order valence-corrected chi connectivity index (χ0v) is 11.0. The van der Waals surface area contributed by atoms with E-state index in [4.69, 9.17) is 0 Å². The molecular formula is C12H13N5O3. The number of hydrogen-bond donors (Lipinski definition) is 1. The van der Waals surface area contributed by atoms with Gasteiger partial charge >= 0.3 is 0 Å². The summed E-state index contributed by atoms with van der Waals surface area (Å²) in [5.74, 6) is 0.652. The fraction of sp³-hybridized carbons (Fsp3) is 0.250. The molecule has 0 aliphatic carbocycles. The van der Waals surface area contributed by atoms with Gasteiger partial charge in [0.1, 0.15) is 18.3 Å². The summed E-state index contributed by atoms with van der Waals surface area (Å²) in [6.45, 7) is 1.82. The highest BCUT2D eigenvalue weighted by molar-refractivity contribution is 5.79. The van der Waals surface area contributed by atoms with Gasteiger partial charge in [0.15, 0.2) is 5.82 Å². The van der Waals surface area contributed by atoms with Gasteiger partial charge < -0.3 is 9.88 Å². The number of nitro groups is 1. The fourth-order valence-corrected chi connectivity index (χ4v) is 1.88. The Hall–Kier alpha value is -2.77. The van der Waals surface area contributed by atoms with Crippen molar-refractivity contribution in [1.82, 2.24) is 14.8 Å². The van der Waals surface area contributed by atoms with Crippen LogP contribution in [0.3, 0.4) is 0 Å². The van der Waals surface area contributed by atoms with Crippen molar-refractivity contribution in [2.75, 3.05) is 5.32 Å². The molecule has 0 saturated carbocycles. The molecule has 0 radical (unpaired) electrons. The molecule has 8 nitrogen and oxygen atoms in total. The molecule has 0 bridgehead atoms. The number of rotatable bonds is 5. The maximum Gasteiger partial charge on any atom is 0.293 e. The van der Waals surface area contributed by atoms with Gasteiger partial charge in [-0.1, -0.05) is 0 Å². The van der Waals surface area contributed by atoms with E-state index in [1.165, 1.54) is 18.2 Å². The summed E-state index contributed by atoms with van der Waals surface area (Å²) in [7, 11) is 1.79. The van der Waals surface area contributed by atoms with Crippen LogP contribution in [0.25, 0.3) is 0 Å². The van der Waals surface area contributed by atoms with Crippen molar-refractivity contribution in [2.45, 2.75) is 13.0 Å². The van der Waals surface area contributed by atoms with Crippen LogP contribution in [0.1, 0.15) is 29.1 Å². The normalized spacial score (nSPS) is 11.9. The molecule has 1 aromatic heterocycles. The zero-order valence-electron chi connectivity index (χ0n) is 11.0. The first-order valence-corrected chi connectivity index (χ1v) is 5.87. The lowest BCUT2D eigenvalue weighted by molar-refractivity contribution is -0.384. The Morgan fingerprint density at radius 3 is 2.80 bits per heavy atom. The third-order valence-electron chi connectivity index (χ3n) is 2.86. The molecular weight excluding hydrogens is 262 g/mol. The van der Waals surface area contributed by atoms with E-state index in [2.05, 4.69) is 15.5 Å². The number of aldehydes is 1. The van der Waals surface area contributed by atoms with Crippen LogP contribution in [0.2, 0.25) is 0 Å². The number of aromatic nitrogens is 3. The van der Waals surface area contributed by atoms with Crippen molar-refractivity contribution in [3.63, 3.8) is 0 Å². The molecule has 2 aromatic rings. The van der Waals surface area contributed by atoms with E-state index in [-0.39, 0.29) is 17.3 Å². The average Bonchev–Trinajstić information content (AvgIpc) is 2.85. The molecule has 1 aromatic carbocycles. The van der Waals surface area contributed by atoms with Crippen molar-refractivity contribution in [1.29, 1.82) is 0 Å². The first-order chi connectivity index (χ1) is 9.52. The quantitative estimate of drug-likeness (QED) is 0.506. The number of carbonyl (C=O) groups is 1. The predicted molar refractivity (Wildman–Crippen MR) is 71.5 cm³/mol. The summed E-state index contributed by atoms with van der Waals surface area (Å²) in [6.07, 6.45) is 2.13. The lowest BCUT2D eigenvalue weighted by atomic mass is 10.1. The van der Waals surface area contributed by atoms with E-state index in [0.29, 0.717) is 17.8 Å². The molecule has 0 fully saturated rings. The predicted octanol–water partition coefficient (Wildman–Crippen LogP) is 1.71. The molecule has 0 amide bonds. The minimum absolute atomic E-state index is 0.149. The molecule has 0 spiro atoms. The first kappa shape index (κ1) is 13.7. The van der Waals surface area contributed by atoms with E-state index >= 15 is 0 Å². The van der Waals surface area contributed by atoms with Crippen LogP contribution in [-0.4, -0.2) is 26.0 Å². The lowest BCUT2D eigenvalue weighted by Crippen LogP contribution is -2.13. The molecule has 2 rings (SSSR count). The van der Waals surface area contributed by atoms with E-state index in [9.17, 15) is 14.9 Å². The highest BCUT2D eigenvalue weighted by Crippen LogP contribution is 2.28. The largest absolute Gasteiger partial charge is 0.370 e. The lowest BCUT2D eigenvalue weighted by Gasteiger charge is -2.14. The van der Waals surface area contributed by atoms with Gasteiger partial charge in [0.05, 0.1) is 11.0 Å². The number of anilines is 1. The second kappa shape index (κ2) is 5.47. The van der Waals surface area contributed by atoms with Gasteiger partial charge in [-0.25, -0.2) is 0 Å². The summed E-state index contributed by atoms with van der Waals surface area (Å²) in [5, 5.41) is 21.8. The second-order valence-corrected chi connectivity index (χ2v) is 4.32. The van der Waals surface area contributed by atoms with Gasteiger partial charge in [0, 0.05) is 18.7 Å². The summed E-state index contributed by atoms with van der Waals surface area (Å²) >= 11 is 0. The Morgan fingerprint density at radius 1 is 1.50 bits per heavy atom. The smallest absolute Gasteiger partial charge is 0.293 e. The molecule has 1 unspecified atom stereocenters. The molecule has 0 aliphatic heterocycles. The molecule has 104 valence electrons. The summed E-state index contributed by atoms with van der Waals surface area (Å²) in [4.78, 5) is 21.2. The third-order valence-corrected chi connectivity index (χ3v) is 2.86. The van der Waals surface area contributed by atoms with Crippen LogP contribution in [0.15, 0.2) is 24.5 Å². The highest BCUT2D eigenvalue weighted by atomic mass is 16.6. The minimum Gasteiger partial charge on any atom is -0.370 e. The van der Waals surface area contributed by atoms with E-state index < -0.39 is 4.92 Å². The van der Waals surface area contributed by atoms with Crippen molar-refractivity contribution in [3.8, 4) is 0 Å². The van der Waals surface area contributed by atoms with Crippen LogP contribution in [0.4, 0.5) is 11.4 Å². The molecule has 1 heterocycles. The van der Waals surface area contributed by atoms with Gasteiger partial charge in [-0.15, -0.1) is 10.2 Å². The molecule has 20 heavy (non-hydrogen) atoms. The van der Waals surface area contributed by atoms with Crippen molar-refractivity contribution in [3.05, 3.63) is 46.0 Å². The van der Waals surface area contributed by atoms with Gasteiger partial charge in [-0.05, 0) is 19.1 Å². The van der Waals surface area contributed by atoms with E-state index in [1.54, 1.807) is 17.9 Å². The number of nitrogens with one attached hydrogen (secondary N) is 1. The van der Waals surface area contributed by atoms with Crippen LogP contribution < -0.4 is 5.32 Å². The van der Waals surface area contributed by atoms with Gasteiger partial charge in [-0.3, -0.25) is 14.9 Å². The van der Waals surface area contributed by atoms with Crippen LogP contribution >= 0.6 is 0 Å². The van der Waals surface area contributed by atoms with Crippen molar-refractivity contribution < 1.29 is 9.72 Å². The standard InChI is InChI=1S/C12H13N5O3/c1-8(12-15-13-7-16(12)2)14-10-4-3-9(6-18)5-11(10)17(19)20/h3-8,14H,1-2H3. The van der Waals surface area contributed by atoms with Gasteiger partial charge in [-0.2, -0.15) is 0 Å². The summed E-state index contributed by atoms with van der Waals surface area (Å²) in [6, 6.07) is 4.00. The highest BCUT2D eigenvalue weighted by Gasteiger charge is 2.18. The Morgan fingerprint density at radius 2 is 2.25 bits per heavy atom. The number of benzene rings is 1.